The lowest BCUT2D eigenvalue weighted by atomic mass is 10.0. The minimum Gasteiger partial charge on any atom is -0.293 e. The molecule has 2 aromatic rings. The van der Waals surface area contributed by atoms with Gasteiger partial charge in [0, 0.05) is 16.6 Å². The molecule has 1 heterocycles. The van der Waals surface area contributed by atoms with Gasteiger partial charge in [-0.1, -0.05) is 23.9 Å². The maximum atomic E-state index is 12.5. The molecule has 0 radical (unpaired) electrons. The third-order valence-corrected chi connectivity index (χ3v) is 5.82. The monoisotopic (exact) mass is 303 g/mol. The van der Waals surface area contributed by atoms with Gasteiger partial charge in [-0.05, 0) is 50.3 Å². The van der Waals surface area contributed by atoms with Crippen molar-refractivity contribution in [2.75, 3.05) is 0 Å². The van der Waals surface area contributed by atoms with E-state index in [4.69, 9.17) is 0 Å². The Morgan fingerprint density at radius 3 is 2.90 bits per heavy atom. The van der Waals surface area contributed by atoms with Gasteiger partial charge in [0.1, 0.15) is 0 Å². The predicted molar refractivity (Wildman–Crippen MR) is 85.0 cm³/mol. The number of rotatable bonds is 4. The van der Waals surface area contributed by atoms with E-state index in [2.05, 4.69) is 17.1 Å². The number of carbonyl (C=O) groups is 1. The Kier molecular flexibility index (Phi) is 3.94. The third-order valence-electron chi connectivity index (χ3n) is 3.63. The van der Waals surface area contributed by atoms with Crippen LogP contribution >= 0.6 is 23.1 Å². The number of benzene rings is 1. The molecule has 1 aliphatic carbocycles. The van der Waals surface area contributed by atoms with Crippen molar-refractivity contribution in [3.05, 3.63) is 46.0 Å². The molecular formula is C16H17NOS2. The van der Waals surface area contributed by atoms with Crippen molar-refractivity contribution in [3.8, 4) is 0 Å². The summed E-state index contributed by atoms with van der Waals surface area (Å²) in [7, 11) is 0. The van der Waals surface area contributed by atoms with Crippen molar-refractivity contribution in [2.45, 2.75) is 42.7 Å². The van der Waals surface area contributed by atoms with Crippen LogP contribution in [0.15, 0.2) is 27.9 Å². The average Bonchev–Trinajstić information content (AvgIpc) is 3.05. The zero-order valence-electron chi connectivity index (χ0n) is 11.7. The van der Waals surface area contributed by atoms with Gasteiger partial charge in [0.2, 0.25) is 0 Å². The largest absolute Gasteiger partial charge is 0.293 e. The molecule has 0 saturated carbocycles. The molecule has 0 amide bonds. The highest BCUT2D eigenvalue weighted by Gasteiger charge is 2.20. The number of hydrogen-bond donors (Lipinski definition) is 0. The van der Waals surface area contributed by atoms with Gasteiger partial charge in [-0.25, -0.2) is 4.98 Å². The molecule has 0 saturated heterocycles. The topological polar surface area (TPSA) is 30.0 Å². The summed E-state index contributed by atoms with van der Waals surface area (Å²) in [5.74, 6) is 0.206. The number of thiazole rings is 1. The van der Waals surface area contributed by atoms with E-state index >= 15 is 0 Å². The number of thioether (sulfide) groups is 1. The fraction of sp³-hybridized carbons (Fsp3) is 0.375. The van der Waals surface area contributed by atoms with Crippen LogP contribution in [0.2, 0.25) is 0 Å². The van der Waals surface area contributed by atoms with Gasteiger partial charge in [0.05, 0.1) is 5.25 Å². The summed E-state index contributed by atoms with van der Waals surface area (Å²) in [6, 6.07) is 6.20. The summed E-state index contributed by atoms with van der Waals surface area (Å²) in [5, 5.41) is 1.94. The van der Waals surface area contributed by atoms with Crippen LogP contribution in [0.4, 0.5) is 0 Å². The number of aromatic nitrogens is 1. The van der Waals surface area contributed by atoms with Crippen molar-refractivity contribution in [3.63, 3.8) is 0 Å². The summed E-state index contributed by atoms with van der Waals surface area (Å²) in [6.45, 7) is 3.95. The van der Waals surface area contributed by atoms with Crippen LogP contribution in [0.3, 0.4) is 0 Å². The number of hydrogen-bond acceptors (Lipinski definition) is 4. The van der Waals surface area contributed by atoms with E-state index < -0.39 is 0 Å². The molecular weight excluding hydrogens is 286 g/mol. The van der Waals surface area contributed by atoms with Crippen molar-refractivity contribution < 1.29 is 4.79 Å². The third kappa shape index (κ3) is 2.81. The summed E-state index contributed by atoms with van der Waals surface area (Å²) in [4.78, 5) is 16.9. The lowest BCUT2D eigenvalue weighted by Crippen LogP contribution is -2.13. The van der Waals surface area contributed by atoms with Crippen LogP contribution in [0.5, 0.6) is 0 Å². The lowest BCUT2D eigenvalue weighted by molar-refractivity contribution is 0.0994. The molecule has 104 valence electrons. The molecule has 1 unspecified atom stereocenters. The van der Waals surface area contributed by atoms with Gasteiger partial charge < -0.3 is 0 Å². The molecule has 3 rings (SSSR count). The Hall–Kier alpha value is -1.13. The number of fused-ring (bicyclic) bond motifs is 1. The highest BCUT2D eigenvalue weighted by molar-refractivity contribution is 8.02. The summed E-state index contributed by atoms with van der Waals surface area (Å²) < 4.78 is 0.976. The fourth-order valence-corrected chi connectivity index (χ4v) is 4.61. The van der Waals surface area contributed by atoms with Crippen molar-refractivity contribution in [1.29, 1.82) is 0 Å². The Balaban J connectivity index is 1.74. The van der Waals surface area contributed by atoms with E-state index in [0.717, 1.165) is 28.4 Å². The second-order valence-corrected chi connectivity index (χ2v) is 7.66. The lowest BCUT2D eigenvalue weighted by Gasteiger charge is -2.09. The molecule has 1 aliphatic rings. The Morgan fingerprint density at radius 2 is 2.15 bits per heavy atom. The molecule has 20 heavy (non-hydrogen) atoms. The number of ketones is 1. The van der Waals surface area contributed by atoms with E-state index in [1.807, 2.05) is 25.3 Å². The van der Waals surface area contributed by atoms with Gasteiger partial charge in [-0.2, -0.15) is 0 Å². The zero-order valence-corrected chi connectivity index (χ0v) is 13.3. The van der Waals surface area contributed by atoms with E-state index in [-0.39, 0.29) is 11.0 Å². The summed E-state index contributed by atoms with van der Waals surface area (Å²) in [6.07, 6.45) is 3.49. The standard InChI is InChI=1S/C16H17NOS2/c1-10-9-19-16(17-10)20-11(2)15(18)14-7-6-12-4-3-5-13(12)8-14/h6-9,11H,3-5H2,1-2H3. The fourth-order valence-electron chi connectivity index (χ4n) is 2.55. The Morgan fingerprint density at radius 1 is 1.35 bits per heavy atom. The van der Waals surface area contributed by atoms with E-state index in [0.29, 0.717) is 0 Å². The second kappa shape index (κ2) is 5.70. The normalized spacial score (nSPS) is 15.1. The molecule has 1 aromatic carbocycles. The van der Waals surface area contributed by atoms with Gasteiger partial charge in [-0.15, -0.1) is 11.3 Å². The first-order chi connectivity index (χ1) is 9.63. The maximum Gasteiger partial charge on any atom is 0.175 e. The van der Waals surface area contributed by atoms with Crippen LogP contribution in [0, 0.1) is 6.92 Å². The molecule has 4 heteroatoms. The molecule has 1 aromatic heterocycles. The maximum absolute atomic E-state index is 12.5. The molecule has 1 atom stereocenters. The van der Waals surface area contributed by atoms with Gasteiger partial charge in [0.15, 0.2) is 10.1 Å². The number of aryl methyl sites for hydroxylation is 3. The summed E-state index contributed by atoms with van der Waals surface area (Å²) in [5.41, 5.74) is 4.64. The van der Waals surface area contributed by atoms with Gasteiger partial charge in [-0.3, -0.25) is 4.79 Å². The minimum atomic E-state index is -0.0833. The van der Waals surface area contributed by atoms with E-state index in [1.54, 1.807) is 23.1 Å². The van der Waals surface area contributed by atoms with Crippen molar-refractivity contribution in [2.24, 2.45) is 0 Å². The van der Waals surface area contributed by atoms with Crippen molar-refractivity contribution in [1.82, 2.24) is 4.98 Å². The van der Waals surface area contributed by atoms with Crippen LogP contribution < -0.4 is 0 Å². The first kappa shape index (κ1) is 13.8. The molecule has 0 bridgehead atoms. The predicted octanol–water partition coefficient (Wildman–Crippen LogP) is 4.30. The van der Waals surface area contributed by atoms with Gasteiger partial charge >= 0.3 is 0 Å². The quantitative estimate of drug-likeness (QED) is 0.623. The molecule has 0 fully saturated rings. The number of nitrogens with zero attached hydrogens (tertiary/aromatic N) is 1. The Bertz CT molecular complexity index is 648. The molecule has 0 N–H and O–H groups in total. The number of Topliss-reactive ketones (excluding diaryl/α,β-unsaturated/α-hetero) is 1. The van der Waals surface area contributed by atoms with Crippen LogP contribution in [0.1, 0.15) is 40.5 Å². The second-order valence-electron chi connectivity index (χ2n) is 5.22. The average molecular weight is 303 g/mol. The Labute approximate surface area is 127 Å². The van der Waals surface area contributed by atoms with Crippen LogP contribution in [-0.4, -0.2) is 16.0 Å². The number of carbonyl (C=O) groups excluding carboxylic acids is 1. The van der Waals surface area contributed by atoms with Crippen LogP contribution in [0.25, 0.3) is 0 Å². The van der Waals surface area contributed by atoms with Crippen LogP contribution in [-0.2, 0) is 12.8 Å². The SMILES string of the molecule is Cc1csc(SC(C)C(=O)c2ccc3c(c2)CCC3)n1. The van der Waals surface area contributed by atoms with E-state index in [1.165, 1.54) is 17.5 Å². The summed E-state index contributed by atoms with van der Waals surface area (Å²) >= 11 is 3.17. The zero-order chi connectivity index (χ0) is 14.1. The highest BCUT2D eigenvalue weighted by Crippen LogP contribution is 2.30. The highest BCUT2D eigenvalue weighted by atomic mass is 32.2. The first-order valence-corrected chi connectivity index (χ1v) is 8.64. The molecule has 0 spiro atoms. The van der Waals surface area contributed by atoms with E-state index in [9.17, 15) is 4.79 Å². The van der Waals surface area contributed by atoms with Gasteiger partial charge in [0.25, 0.3) is 0 Å². The molecule has 0 aliphatic heterocycles. The molecule has 2 nitrogen and oxygen atoms in total. The first-order valence-electron chi connectivity index (χ1n) is 6.88. The van der Waals surface area contributed by atoms with Crippen molar-refractivity contribution >= 4 is 28.9 Å². The smallest absolute Gasteiger partial charge is 0.175 e. The minimum absolute atomic E-state index is 0.0833.